The molecular weight excluding hydrogens is 425 g/mol. The number of hydrogen-bond donors (Lipinski definition) is 2. The summed E-state index contributed by atoms with van der Waals surface area (Å²) in [6, 6.07) is 11.0. The lowest BCUT2D eigenvalue weighted by Crippen LogP contribution is -2.25. The number of hydrogen-bond acceptors (Lipinski definition) is 6. The van der Waals surface area contributed by atoms with Crippen LogP contribution < -0.4 is 5.14 Å². The van der Waals surface area contributed by atoms with E-state index in [1.54, 1.807) is 7.05 Å². The van der Waals surface area contributed by atoms with E-state index in [1.807, 2.05) is 31.2 Å². The Hall–Kier alpha value is -3.15. The Morgan fingerprint density at radius 3 is 2.61 bits per heavy atom. The van der Waals surface area contributed by atoms with Crippen LogP contribution in [-0.2, 0) is 27.8 Å². The molecule has 0 atom stereocenters. The van der Waals surface area contributed by atoms with Gasteiger partial charge in [0.1, 0.15) is 17.3 Å². The van der Waals surface area contributed by atoms with E-state index in [0.29, 0.717) is 18.1 Å². The molecule has 0 aliphatic carbocycles. The molecule has 3 rings (SSSR count). The predicted octanol–water partition coefficient (Wildman–Crippen LogP) is 1.47. The van der Waals surface area contributed by atoms with E-state index in [0.717, 1.165) is 17.2 Å². The fourth-order valence-corrected chi connectivity index (χ4v) is 3.66. The summed E-state index contributed by atoms with van der Waals surface area (Å²) in [5, 5.41) is 18.4. The van der Waals surface area contributed by atoms with Crippen molar-refractivity contribution in [3.63, 3.8) is 0 Å². The summed E-state index contributed by atoms with van der Waals surface area (Å²) in [5.74, 6) is -1.09. The molecule has 0 saturated carbocycles. The number of carbonyl (C=O) groups is 1. The first-order valence-corrected chi connectivity index (χ1v) is 10.8. The lowest BCUT2D eigenvalue weighted by molar-refractivity contribution is -0.138. The molecule has 3 aromatic rings. The Bertz CT molecular complexity index is 1230. The van der Waals surface area contributed by atoms with Gasteiger partial charge in [-0.1, -0.05) is 29.8 Å². The van der Waals surface area contributed by atoms with Gasteiger partial charge in [0, 0.05) is 6.42 Å². The molecule has 0 radical (unpaired) electrons. The van der Waals surface area contributed by atoms with Crippen LogP contribution >= 0.6 is 0 Å². The van der Waals surface area contributed by atoms with Crippen LogP contribution in [0.25, 0.3) is 5.69 Å². The number of halogens is 1. The highest BCUT2D eigenvalue weighted by Crippen LogP contribution is 2.20. The third kappa shape index (κ3) is 5.72. The van der Waals surface area contributed by atoms with Crippen molar-refractivity contribution < 1.29 is 22.7 Å². The number of primary sulfonamides is 1. The van der Waals surface area contributed by atoms with Crippen molar-refractivity contribution >= 4 is 16.0 Å². The highest BCUT2D eigenvalue weighted by atomic mass is 32.2. The van der Waals surface area contributed by atoms with Gasteiger partial charge in [0.05, 0.1) is 18.0 Å². The molecule has 0 aliphatic heterocycles. The molecule has 11 heteroatoms. The average Bonchev–Trinajstić information content (AvgIpc) is 3.01. The van der Waals surface area contributed by atoms with Crippen LogP contribution in [0.4, 0.5) is 4.39 Å². The standard InChI is InChI=1S/C20H22FN5O4S/c1-13-4-3-5-14(8-13)9-19-23-18(11-25(2)12-20(27)28)24-26(19)17-7-6-15(10-16(17)21)31(22,29)30/h3-8,10H,9,11-12H2,1-2H3,(H,27,28)(H2,22,29,30). The fraction of sp³-hybridized carbons (Fsp3) is 0.250. The maximum atomic E-state index is 14.8. The van der Waals surface area contributed by atoms with E-state index in [9.17, 15) is 17.6 Å². The summed E-state index contributed by atoms with van der Waals surface area (Å²) < 4.78 is 39.1. The fourth-order valence-electron chi connectivity index (χ4n) is 3.14. The summed E-state index contributed by atoms with van der Waals surface area (Å²) in [6.07, 6.45) is 0.341. The van der Waals surface area contributed by atoms with Crippen molar-refractivity contribution in [1.82, 2.24) is 19.7 Å². The third-order valence-corrected chi connectivity index (χ3v) is 5.37. The molecule has 0 unspecified atom stereocenters. The number of benzene rings is 2. The van der Waals surface area contributed by atoms with E-state index >= 15 is 0 Å². The maximum absolute atomic E-state index is 14.8. The molecule has 9 nitrogen and oxygen atoms in total. The Balaban J connectivity index is 2.03. The van der Waals surface area contributed by atoms with Crippen molar-refractivity contribution in [3.8, 4) is 5.69 Å². The molecule has 0 fully saturated rings. The SMILES string of the molecule is Cc1cccc(Cc2nc(CN(C)CC(=O)O)nn2-c2ccc(S(N)(=O)=O)cc2F)c1. The highest BCUT2D eigenvalue weighted by molar-refractivity contribution is 7.89. The molecule has 0 saturated heterocycles. The first kappa shape index (κ1) is 22.5. The van der Waals surface area contributed by atoms with Gasteiger partial charge in [-0.15, -0.1) is 5.10 Å². The van der Waals surface area contributed by atoms with E-state index in [1.165, 1.54) is 21.7 Å². The van der Waals surface area contributed by atoms with Crippen molar-refractivity contribution in [2.45, 2.75) is 24.8 Å². The minimum Gasteiger partial charge on any atom is -0.480 e. The first-order valence-electron chi connectivity index (χ1n) is 9.26. The van der Waals surface area contributed by atoms with Gasteiger partial charge in [-0.3, -0.25) is 9.69 Å². The lowest BCUT2D eigenvalue weighted by Gasteiger charge is -2.10. The maximum Gasteiger partial charge on any atom is 0.317 e. The molecule has 31 heavy (non-hydrogen) atoms. The topological polar surface area (TPSA) is 131 Å². The van der Waals surface area contributed by atoms with Crippen molar-refractivity contribution in [2.75, 3.05) is 13.6 Å². The second-order valence-corrected chi connectivity index (χ2v) is 8.81. The zero-order valence-electron chi connectivity index (χ0n) is 17.0. The number of aryl methyl sites for hydroxylation is 1. The molecule has 0 spiro atoms. The molecule has 1 aromatic heterocycles. The molecular formula is C20H22FN5O4S. The molecule has 2 aromatic carbocycles. The van der Waals surface area contributed by atoms with Crippen LogP contribution in [0, 0.1) is 12.7 Å². The monoisotopic (exact) mass is 447 g/mol. The quantitative estimate of drug-likeness (QED) is 0.534. The van der Waals surface area contributed by atoms with Crippen LogP contribution in [0.3, 0.4) is 0 Å². The zero-order valence-corrected chi connectivity index (χ0v) is 17.8. The minimum atomic E-state index is -4.06. The minimum absolute atomic E-state index is 0.00897. The highest BCUT2D eigenvalue weighted by Gasteiger charge is 2.19. The summed E-state index contributed by atoms with van der Waals surface area (Å²) in [7, 11) is -2.45. The van der Waals surface area contributed by atoms with Gasteiger partial charge in [0.25, 0.3) is 0 Å². The number of sulfonamides is 1. The number of rotatable bonds is 8. The van der Waals surface area contributed by atoms with Crippen molar-refractivity contribution in [2.24, 2.45) is 5.14 Å². The predicted molar refractivity (Wildman–Crippen MR) is 111 cm³/mol. The van der Waals surface area contributed by atoms with E-state index in [2.05, 4.69) is 10.1 Å². The number of carboxylic acid groups (broad SMARTS) is 1. The van der Waals surface area contributed by atoms with Crippen LogP contribution in [0.1, 0.15) is 22.8 Å². The van der Waals surface area contributed by atoms with Gasteiger partial charge >= 0.3 is 5.97 Å². The van der Waals surface area contributed by atoms with Crippen molar-refractivity contribution in [3.05, 3.63) is 71.1 Å². The van der Waals surface area contributed by atoms with Gasteiger partial charge in [-0.25, -0.2) is 27.6 Å². The van der Waals surface area contributed by atoms with E-state index in [4.69, 9.17) is 10.2 Å². The second kappa shape index (κ2) is 8.92. The Morgan fingerprint density at radius 1 is 1.26 bits per heavy atom. The number of nitrogens with two attached hydrogens (primary N) is 1. The number of likely N-dealkylation sites (N-methyl/N-ethyl adjacent to an activating group) is 1. The van der Waals surface area contributed by atoms with E-state index < -0.39 is 21.8 Å². The number of aliphatic carboxylic acids is 1. The Labute approximate surface area is 179 Å². The number of carboxylic acids is 1. The molecule has 164 valence electrons. The van der Waals surface area contributed by atoms with Gasteiger partial charge in [-0.2, -0.15) is 0 Å². The Kier molecular flexibility index (Phi) is 6.48. The molecule has 0 bridgehead atoms. The Morgan fingerprint density at radius 2 is 2.00 bits per heavy atom. The first-order chi connectivity index (χ1) is 14.5. The van der Waals surface area contributed by atoms with Gasteiger partial charge < -0.3 is 5.11 Å². The molecule has 0 amide bonds. The average molecular weight is 447 g/mol. The molecule has 1 heterocycles. The van der Waals surface area contributed by atoms with Gasteiger partial charge in [0.15, 0.2) is 5.82 Å². The summed E-state index contributed by atoms with van der Waals surface area (Å²) >= 11 is 0. The number of nitrogens with zero attached hydrogens (tertiary/aromatic N) is 4. The van der Waals surface area contributed by atoms with Crippen LogP contribution in [-0.4, -0.2) is 52.8 Å². The lowest BCUT2D eigenvalue weighted by atomic mass is 10.1. The largest absolute Gasteiger partial charge is 0.480 e. The van der Waals surface area contributed by atoms with Gasteiger partial charge in [0.2, 0.25) is 10.0 Å². The summed E-state index contributed by atoms with van der Waals surface area (Å²) in [5.41, 5.74) is 1.99. The number of aromatic nitrogens is 3. The normalized spacial score (nSPS) is 11.8. The van der Waals surface area contributed by atoms with Crippen LogP contribution in [0.2, 0.25) is 0 Å². The summed E-state index contributed by atoms with van der Waals surface area (Å²) in [6.45, 7) is 1.88. The smallest absolute Gasteiger partial charge is 0.317 e. The second-order valence-electron chi connectivity index (χ2n) is 7.25. The molecule has 3 N–H and O–H groups in total. The van der Waals surface area contributed by atoms with Crippen LogP contribution in [0.5, 0.6) is 0 Å². The van der Waals surface area contributed by atoms with Gasteiger partial charge in [-0.05, 0) is 37.7 Å². The summed E-state index contributed by atoms with van der Waals surface area (Å²) in [4.78, 5) is 16.6. The van der Waals surface area contributed by atoms with E-state index in [-0.39, 0.29) is 23.7 Å². The van der Waals surface area contributed by atoms with Crippen molar-refractivity contribution in [1.29, 1.82) is 0 Å². The zero-order chi connectivity index (χ0) is 22.8. The molecule has 0 aliphatic rings. The van der Waals surface area contributed by atoms with Crippen LogP contribution in [0.15, 0.2) is 47.4 Å². The third-order valence-electron chi connectivity index (χ3n) is 4.46.